The second-order valence-corrected chi connectivity index (χ2v) is 7.07. The Morgan fingerprint density at radius 2 is 1.61 bits per heavy atom. The number of hydrogen-bond donors (Lipinski definition) is 1. The van der Waals surface area contributed by atoms with Crippen LogP contribution in [-0.4, -0.2) is 4.21 Å². The van der Waals surface area contributed by atoms with Crippen molar-refractivity contribution in [2.24, 2.45) is 0 Å². The van der Waals surface area contributed by atoms with E-state index in [-0.39, 0.29) is 0 Å². The van der Waals surface area contributed by atoms with Crippen LogP contribution in [0, 0.1) is 0 Å². The van der Waals surface area contributed by atoms with Crippen LogP contribution in [0.25, 0.3) is 0 Å². The monoisotopic (exact) mass is 387 g/mol. The summed E-state index contributed by atoms with van der Waals surface area (Å²) in [7, 11) is -1.08. The Morgan fingerprint density at radius 3 is 2.22 bits per heavy atom. The summed E-state index contributed by atoms with van der Waals surface area (Å²) >= 11 is 6.71. The van der Waals surface area contributed by atoms with E-state index in [9.17, 15) is 4.21 Å². The molecule has 0 aliphatic carbocycles. The van der Waals surface area contributed by atoms with E-state index in [2.05, 4.69) is 31.9 Å². The molecule has 2 aromatic carbocycles. The fraction of sp³-hybridized carbons (Fsp3) is 0.0769. The van der Waals surface area contributed by atoms with Gasteiger partial charge in [-0.05, 0) is 42.0 Å². The maximum absolute atomic E-state index is 12.2. The molecule has 0 saturated carbocycles. The fourth-order valence-corrected chi connectivity index (χ4v) is 3.30. The van der Waals surface area contributed by atoms with Gasteiger partial charge >= 0.3 is 0 Å². The molecule has 0 radical (unpaired) electrons. The molecule has 18 heavy (non-hydrogen) atoms. The molecule has 0 aromatic heterocycles. The van der Waals surface area contributed by atoms with Crippen molar-refractivity contribution in [3.8, 4) is 0 Å². The van der Waals surface area contributed by atoms with Gasteiger partial charge in [0.15, 0.2) is 0 Å². The number of nitrogens with two attached hydrogens (primary N) is 1. The summed E-state index contributed by atoms with van der Waals surface area (Å²) in [6, 6.07) is 13.1. The number of rotatable bonds is 3. The Balaban J connectivity index is 2.18. The average molecular weight is 389 g/mol. The Labute approximate surface area is 125 Å². The van der Waals surface area contributed by atoms with Gasteiger partial charge in [0.05, 0.1) is 16.6 Å². The summed E-state index contributed by atoms with van der Waals surface area (Å²) in [4.78, 5) is 0.806. The SMILES string of the molecule is Nc1cc(Br)ccc1CS(=O)c1ccc(Br)cc1. The third kappa shape index (κ3) is 3.43. The van der Waals surface area contributed by atoms with Crippen molar-refractivity contribution >= 4 is 48.3 Å². The predicted molar refractivity (Wildman–Crippen MR) is 82.8 cm³/mol. The van der Waals surface area contributed by atoms with E-state index in [0.29, 0.717) is 11.4 Å². The first-order valence-corrected chi connectivity index (χ1v) is 8.14. The number of anilines is 1. The zero-order valence-corrected chi connectivity index (χ0v) is 13.4. The molecule has 94 valence electrons. The second kappa shape index (κ2) is 5.99. The first kappa shape index (κ1) is 13.8. The molecule has 2 nitrogen and oxygen atoms in total. The lowest BCUT2D eigenvalue weighted by Crippen LogP contribution is -2.00. The lowest BCUT2D eigenvalue weighted by molar-refractivity contribution is 0.682. The summed E-state index contributed by atoms with van der Waals surface area (Å²) < 4.78 is 14.1. The van der Waals surface area contributed by atoms with Gasteiger partial charge in [-0.3, -0.25) is 4.21 Å². The Morgan fingerprint density at radius 1 is 1.00 bits per heavy atom. The number of halogens is 2. The molecule has 1 unspecified atom stereocenters. The third-order valence-electron chi connectivity index (χ3n) is 2.47. The molecule has 0 aliphatic heterocycles. The topological polar surface area (TPSA) is 43.1 Å². The van der Waals surface area contributed by atoms with E-state index < -0.39 is 10.8 Å². The molecule has 1 atom stereocenters. The first-order valence-electron chi connectivity index (χ1n) is 5.24. The number of nitrogen functional groups attached to an aromatic ring is 1. The summed E-state index contributed by atoms with van der Waals surface area (Å²) in [5.74, 6) is 0.431. The Kier molecular flexibility index (Phi) is 4.59. The van der Waals surface area contributed by atoms with Crippen LogP contribution in [0.1, 0.15) is 5.56 Å². The molecular weight excluding hydrogens is 378 g/mol. The summed E-state index contributed by atoms with van der Waals surface area (Å²) in [6.45, 7) is 0. The molecule has 0 aliphatic rings. The summed E-state index contributed by atoms with van der Waals surface area (Å²) in [5, 5.41) is 0. The van der Waals surface area contributed by atoms with Crippen LogP contribution in [0.5, 0.6) is 0 Å². The lowest BCUT2D eigenvalue weighted by atomic mass is 10.2. The lowest BCUT2D eigenvalue weighted by Gasteiger charge is -2.06. The van der Waals surface area contributed by atoms with Crippen LogP contribution in [0.3, 0.4) is 0 Å². The van der Waals surface area contributed by atoms with Crippen LogP contribution in [0.15, 0.2) is 56.3 Å². The number of hydrogen-bond acceptors (Lipinski definition) is 2. The third-order valence-corrected chi connectivity index (χ3v) is 4.86. The van der Waals surface area contributed by atoms with E-state index in [1.165, 1.54) is 0 Å². The molecule has 0 bridgehead atoms. The van der Waals surface area contributed by atoms with E-state index in [1.54, 1.807) is 0 Å². The minimum atomic E-state index is -1.08. The minimum absolute atomic E-state index is 0.431. The van der Waals surface area contributed by atoms with Gasteiger partial charge in [-0.25, -0.2) is 0 Å². The molecule has 0 amide bonds. The van der Waals surface area contributed by atoms with Gasteiger partial charge in [0, 0.05) is 19.5 Å². The standard InChI is InChI=1S/C13H11Br2NOS/c14-10-3-5-12(6-4-10)18(17)8-9-1-2-11(15)7-13(9)16/h1-7H,8,16H2. The molecule has 2 rings (SSSR count). The van der Waals surface area contributed by atoms with Crippen LogP contribution >= 0.6 is 31.9 Å². The van der Waals surface area contributed by atoms with Crippen molar-refractivity contribution in [1.29, 1.82) is 0 Å². The van der Waals surface area contributed by atoms with Crippen molar-refractivity contribution in [1.82, 2.24) is 0 Å². The highest BCUT2D eigenvalue weighted by Crippen LogP contribution is 2.22. The van der Waals surface area contributed by atoms with Gasteiger partial charge in [-0.2, -0.15) is 0 Å². The quantitative estimate of drug-likeness (QED) is 0.804. The summed E-state index contributed by atoms with van der Waals surface area (Å²) in [5.41, 5.74) is 7.46. The van der Waals surface area contributed by atoms with Gasteiger partial charge in [0.1, 0.15) is 0 Å². The zero-order chi connectivity index (χ0) is 13.1. The van der Waals surface area contributed by atoms with Crippen molar-refractivity contribution in [2.75, 3.05) is 5.73 Å². The van der Waals surface area contributed by atoms with E-state index in [1.807, 2.05) is 42.5 Å². The van der Waals surface area contributed by atoms with Crippen LogP contribution in [-0.2, 0) is 16.6 Å². The molecule has 2 N–H and O–H groups in total. The van der Waals surface area contributed by atoms with Gasteiger partial charge in [-0.15, -0.1) is 0 Å². The van der Waals surface area contributed by atoms with Gasteiger partial charge in [0.2, 0.25) is 0 Å². The Bertz CT molecular complexity index is 584. The largest absolute Gasteiger partial charge is 0.398 e. The van der Waals surface area contributed by atoms with E-state index in [0.717, 1.165) is 19.4 Å². The summed E-state index contributed by atoms with van der Waals surface area (Å²) in [6.07, 6.45) is 0. The van der Waals surface area contributed by atoms with Crippen LogP contribution < -0.4 is 5.73 Å². The highest BCUT2D eigenvalue weighted by Gasteiger charge is 2.08. The van der Waals surface area contributed by atoms with Crippen LogP contribution in [0.4, 0.5) is 5.69 Å². The van der Waals surface area contributed by atoms with Gasteiger partial charge in [0.25, 0.3) is 0 Å². The zero-order valence-electron chi connectivity index (χ0n) is 9.40. The normalized spacial score (nSPS) is 12.3. The molecule has 0 saturated heterocycles. The van der Waals surface area contributed by atoms with Crippen molar-refractivity contribution < 1.29 is 4.21 Å². The molecular formula is C13H11Br2NOS. The van der Waals surface area contributed by atoms with Gasteiger partial charge < -0.3 is 5.73 Å². The van der Waals surface area contributed by atoms with Crippen molar-refractivity contribution in [3.63, 3.8) is 0 Å². The van der Waals surface area contributed by atoms with Crippen LogP contribution in [0.2, 0.25) is 0 Å². The Hall–Kier alpha value is -0.650. The van der Waals surface area contributed by atoms with Crippen molar-refractivity contribution in [3.05, 3.63) is 57.0 Å². The van der Waals surface area contributed by atoms with Gasteiger partial charge in [-0.1, -0.05) is 37.9 Å². The smallest absolute Gasteiger partial charge is 0.0574 e. The second-order valence-electron chi connectivity index (χ2n) is 3.79. The molecule has 0 fully saturated rings. The first-order chi connectivity index (χ1) is 8.56. The van der Waals surface area contributed by atoms with E-state index in [4.69, 9.17) is 5.73 Å². The van der Waals surface area contributed by atoms with E-state index >= 15 is 0 Å². The maximum atomic E-state index is 12.2. The molecule has 5 heteroatoms. The highest BCUT2D eigenvalue weighted by atomic mass is 79.9. The highest BCUT2D eigenvalue weighted by molar-refractivity contribution is 9.10. The maximum Gasteiger partial charge on any atom is 0.0574 e. The minimum Gasteiger partial charge on any atom is -0.398 e. The predicted octanol–water partition coefficient (Wildman–Crippen LogP) is 4.10. The molecule has 0 heterocycles. The number of benzene rings is 2. The average Bonchev–Trinajstić information content (AvgIpc) is 2.33. The van der Waals surface area contributed by atoms with Crippen molar-refractivity contribution in [2.45, 2.75) is 10.6 Å². The fourth-order valence-electron chi connectivity index (χ4n) is 1.51. The molecule has 0 spiro atoms. The molecule has 2 aromatic rings.